The molecule has 1 saturated heterocycles. The third-order valence-electron chi connectivity index (χ3n) is 6.60. The van der Waals surface area contributed by atoms with Gasteiger partial charge in [0.25, 0.3) is 5.91 Å². The topological polar surface area (TPSA) is 133 Å². The average Bonchev–Trinajstić information content (AvgIpc) is 2.91. The van der Waals surface area contributed by atoms with Gasteiger partial charge in [-0.1, -0.05) is 18.2 Å². The van der Waals surface area contributed by atoms with Crippen molar-refractivity contribution >= 4 is 64.8 Å². The van der Waals surface area contributed by atoms with Crippen molar-refractivity contribution in [1.82, 2.24) is 4.90 Å². The zero-order chi connectivity index (χ0) is 27.2. The molecule has 0 aliphatic carbocycles. The Morgan fingerprint density at radius 2 is 1.55 bits per heavy atom. The maximum absolute atomic E-state index is 13.6. The minimum Gasteiger partial charge on any atom is -0.490 e. The second-order valence-electron chi connectivity index (χ2n) is 9.27. The summed E-state index contributed by atoms with van der Waals surface area (Å²) in [5, 5.41) is 17.2. The molecule has 9 nitrogen and oxygen atoms in total. The summed E-state index contributed by atoms with van der Waals surface area (Å²) in [5.41, 5.74) is 7.15. The van der Waals surface area contributed by atoms with E-state index in [1.165, 1.54) is 4.90 Å². The third kappa shape index (κ3) is 7.86. The number of fused-ring (bicyclic) bond motifs is 1. The fraction of sp³-hybridized carbons (Fsp3) is 0.310. The van der Waals surface area contributed by atoms with Crippen molar-refractivity contribution in [3.8, 4) is 5.75 Å². The highest BCUT2D eigenvalue weighted by molar-refractivity contribution is 6.10. The number of hydrogen-bond acceptors (Lipinski definition) is 6. The summed E-state index contributed by atoms with van der Waals surface area (Å²) in [5.74, 6) is 0.352. The Morgan fingerprint density at radius 3 is 2.12 bits per heavy atom. The summed E-state index contributed by atoms with van der Waals surface area (Å²) < 4.78 is 11.3. The number of nitrogens with one attached hydrogen (secondary N) is 2. The summed E-state index contributed by atoms with van der Waals surface area (Å²) in [6, 6.07) is 17.8. The van der Waals surface area contributed by atoms with Gasteiger partial charge in [0.15, 0.2) is 0 Å². The zero-order valence-corrected chi connectivity index (χ0v) is 24.1. The number of halogens is 2. The number of piperidine rings is 1. The summed E-state index contributed by atoms with van der Waals surface area (Å²) >= 11 is 0. The van der Waals surface area contributed by atoms with Crippen LogP contribution in [0, 0.1) is 10.8 Å². The number of hydrogen-bond donors (Lipinski definition) is 3. The first kappa shape index (κ1) is 32.4. The maximum atomic E-state index is 13.6. The number of nitrogen functional groups attached to an aromatic ring is 1. The first-order valence-corrected chi connectivity index (χ1v) is 12.7. The van der Waals surface area contributed by atoms with Crippen molar-refractivity contribution in [2.45, 2.75) is 32.8 Å². The molecule has 1 aliphatic rings. The van der Waals surface area contributed by atoms with E-state index in [0.717, 1.165) is 36.7 Å². The standard InChI is InChI=1S/C29H33N5O4.2ClH/c1-3-37-27(35)18-34(29(36)22-7-5-20-4-6-21(28(31)32)16-23(20)17-22)24-8-10-25(11-9-24)38-26-12-14-33(15-13-26)19(2)30;;/h4-11,16-17,26,30H,3,12-15,18H2,1-2H3,(H3,31,32);2*1H. The fourth-order valence-corrected chi connectivity index (χ4v) is 4.53. The summed E-state index contributed by atoms with van der Waals surface area (Å²) in [6.07, 6.45) is 1.73. The number of carbonyl (C=O) groups excluding carboxylic acids is 2. The lowest BCUT2D eigenvalue weighted by molar-refractivity contribution is -0.141. The molecule has 11 heteroatoms. The van der Waals surface area contributed by atoms with Crippen LogP contribution in [-0.4, -0.2) is 60.8 Å². The van der Waals surface area contributed by atoms with Crippen LogP contribution in [0.25, 0.3) is 10.8 Å². The number of amides is 1. The van der Waals surface area contributed by atoms with Crippen LogP contribution in [0.15, 0.2) is 60.7 Å². The molecular formula is C29H35Cl2N5O4. The number of amidine groups is 2. The average molecular weight is 589 g/mol. The van der Waals surface area contributed by atoms with Gasteiger partial charge in [-0.25, -0.2) is 0 Å². The molecule has 0 unspecified atom stereocenters. The number of rotatable bonds is 8. The number of anilines is 1. The number of benzene rings is 3. The number of likely N-dealkylation sites (tertiary alicyclic amines) is 1. The molecule has 0 radical (unpaired) electrons. The number of ether oxygens (including phenoxy) is 2. The van der Waals surface area contributed by atoms with Crippen molar-refractivity contribution < 1.29 is 19.1 Å². The molecule has 4 N–H and O–H groups in total. The van der Waals surface area contributed by atoms with E-state index >= 15 is 0 Å². The summed E-state index contributed by atoms with van der Waals surface area (Å²) in [7, 11) is 0. The molecule has 1 aliphatic heterocycles. The number of nitrogens with two attached hydrogens (primary N) is 1. The van der Waals surface area contributed by atoms with E-state index in [1.807, 2.05) is 17.0 Å². The van der Waals surface area contributed by atoms with E-state index in [-0.39, 0.29) is 55.8 Å². The highest BCUT2D eigenvalue weighted by Gasteiger charge is 2.23. The van der Waals surface area contributed by atoms with Gasteiger partial charge in [0, 0.05) is 42.7 Å². The zero-order valence-electron chi connectivity index (χ0n) is 22.5. The molecular weight excluding hydrogens is 553 g/mol. The highest BCUT2D eigenvalue weighted by Crippen LogP contribution is 2.26. The first-order chi connectivity index (χ1) is 18.2. The monoisotopic (exact) mass is 587 g/mol. The molecule has 1 fully saturated rings. The van der Waals surface area contributed by atoms with Crippen molar-refractivity contribution in [1.29, 1.82) is 10.8 Å². The summed E-state index contributed by atoms with van der Waals surface area (Å²) in [4.78, 5) is 29.5. The second kappa shape index (κ2) is 14.5. The molecule has 3 aromatic rings. The van der Waals surface area contributed by atoms with Crippen LogP contribution in [0.1, 0.15) is 42.6 Å². The van der Waals surface area contributed by atoms with Gasteiger partial charge in [-0.15, -0.1) is 24.8 Å². The molecule has 0 saturated carbocycles. The molecule has 214 valence electrons. The van der Waals surface area contributed by atoms with Crippen LogP contribution in [0.2, 0.25) is 0 Å². The quantitative estimate of drug-likeness (QED) is 0.192. The van der Waals surface area contributed by atoms with Gasteiger partial charge in [-0.3, -0.25) is 25.3 Å². The largest absolute Gasteiger partial charge is 0.490 e. The lowest BCUT2D eigenvalue weighted by Crippen LogP contribution is -2.40. The number of carbonyl (C=O) groups is 2. The van der Waals surface area contributed by atoms with Gasteiger partial charge in [0.2, 0.25) is 0 Å². The van der Waals surface area contributed by atoms with Crippen molar-refractivity contribution in [3.05, 3.63) is 71.8 Å². The van der Waals surface area contributed by atoms with Gasteiger partial charge in [0.05, 0.1) is 12.4 Å². The van der Waals surface area contributed by atoms with Gasteiger partial charge in [-0.2, -0.15) is 0 Å². The molecule has 0 aromatic heterocycles. The van der Waals surface area contributed by atoms with Crippen molar-refractivity contribution in [2.24, 2.45) is 5.73 Å². The van der Waals surface area contributed by atoms with Crippen LogP contribution in [-0.2, 0) is 9.53 Å². The normalized spacial score (nSPS) is 13.0. The molecule has 1 amide bonds. The van der Waals surface area contributed by atoms with E-state index in [4.69, 9.17) is 26.0 Å². The van der Waals surface area contributed by atoms with Gasteiger partial charge in [0.1, 0.15) is 24.2 Å². The molecule has 0 bridgehead atoms. The lowest BCUT2D eigenvalue weighted by atomic mass is 10.0. The van der Waals surface area contributed by atoms with Gasteiger partial charge in [-0.05, 0) is 67.1 Å². The van der Waals surface area contributed by atoms with Crippen LogP contribution in [0.4, 0.5) is 5.69 Å². The molecule has 3 aromatic carbocycles. The Bertz CT molecular complexity index is 1360. The second-order valence-corrected chi connectivity index (χ2v) is 9.27. The predicted molar refractivity (Wildman–Crippen MR) is 163 cm³/mol. The molecule has 4 rings (SSSR count). The number of nitrogens with zero attached hydrogens (tertiary/aromatic N) is 2. The molecule has 1 heterocycles. The van der Waals surface area contributed by atoms with Crippen LogP contribution in [0.5, 0.6) is 5.75 Å². The van der Waals surface area contributed by atoms with Crippen molar-refractivity contribution in [2.75, 3.05) is 31.1 Å². The van der Waals surface area contributed by atoms with E-state index in [9.17, 15) is 9.59 Å². The first-order valence-electron chi connectivity index (χ1n) is 12.7. The Hall–Kier alpha value is -3.82. The lowest BCUT2D eigenvalue weighted by Gasteiger charge is -2.32. The maximum Gasteiger partial charge on any atom is 0.326 e. The highest BCUT2D eigenvalue weighted by atomic mass is 35.5. The van der Waals surface area contributed by atoms with E-state index < -0.39 is 5.97 Å². The minimum absolute atomic E-state index is 0. The molecule has 40 heavy (non-hydrogen) atoms. The van der Waals surface area contributed by atoms with E-state index in [2.05, 4.69) is 0 Å². The minimum atomic E-state index is -0.505. The van der Waals surface area contributed by atoms with Crippen LogP contribution >= 0.6 is 24.8 Å². The van der Waals surface area contributed by atoms with Gasteiger partial charge < -0.3 is 20.1 Å². The predicted octanol–water partition coefficient (Wildman–Crippen LogP) is 5.02. The Balaban J connectivity index is 0.00000280. The fourth-order valence-electron chi connectivity index (χ4n) is 4.53. The Morgan fingerprint density at radius 1 is 0.950 bits per heavy atom. The SMILES string of the molecule is CCOC(=O)CN(C(=O)c1ccc2ccc(C(=N)N)cc2c1)c1ccc(OC2CCN(C(C)=N)CC2)cc1.Cl.Cl. The van der Waals surface area contributed by atoms with Gasteiger partial charge >= 0.3 is 5.97 Å². The van der Waals surface area contributed by atoms with Crippen LogP contribution in [0.3, 0.4) is 0 Å². The van der Waals surface area contributed by atoms with Crippen molar-refractivity contribution in [3.63, 3.8) is 0 Å². The number of esters is 1. The molecule has 0 atom stereocenters. The Labute approximate surface area is 246 Å². The molecule has 0 spiro atoms. The Kier molecular flexibility index (Phi) is 11.8. The summed E-state index contributed by atoms with van der Waals surface area (Å²) in [6.45, 7) is 5.08. The van der Waals surface area contributed by atoms with E-state index in [1.54, 1.807) is 62.4 Å². The van der Waals surface area contributed by atoms with E-state index in [0.29, 0.717) is 28.4 Å². The smallest absolute Gasteiger partial charge is 0.326 e. The third-order valence-corrected chi connectivity index (χ3v) is 6.60. The van der Waals surface area contributed by atoms with Crippen LogP contribution < -0.4 is 15.4 Å².